The number of carbonyl (C=O) groups is 3. The van der Waals surface area contributed by atoms with E-state index in [9.17, 15) is 14.4 Å². The molecule has 0 aliphatic carbocycles. The zero-order valence-electron chi connectivity index (χ0n) is 15.9. The lowest BCUT2D eigenvalue weighted by atomic mass is 10.1. The lowest BCUT2D eigenvalue weighted by molar-refractivity contribution is -0.133. The number of anilines is 2. The molecule has 0 fully saturated rings. The van der Waals surface area contributed by atoms with Crippen LogP contribution in [0, 0.1) is 0 Å². The maximum absolute atomic E-state index is 12.3. The van der Waals surface area contributed by atoms with Crippen LogP contribution < -0.4 is 21.1 Å². The summed E-state index contributed by atoms with van der Waals surface area (Å²) in [5.74, 6) is -0.806. The second kappa shape index (κ2) is 9.24. The highest BCUT2D eigenvalue weighted by molar-refractivity contribution is 6.43. The second-order valence-corrected chi connectivity index (χ2v) is 6.00. The van der Waals surface area contributed by atoms with Gasteiger partial charge in [0.25, 0.3) is 0 Å². The van der Waals surface area contributed by atoms with Crippen LogP contribution >= 0.6 is 0 Å². The third kappa shape index (κ3) is 5.13. The molecule has 0 aliphatic heterocycles. The Morgan fingerprint density at radius 1 is 1.07 bits per heavy atom. The van der Waals surface area contributed by atoms with Gasteiger partial charge in [-0.15, -0.1) is 0 Å². The van der Waals surface area contributed by atoms with Crippen LogP contribution in [0.2, 0.25) is 0 Å². The van der Waals surface area contributed by atoms with E-state index in [1.165, 1.54) is 19.7 Å². The van der Waals surface area contributed by atoms with E-state index in [4.69, 9.17) is 19.6 Å². The number of benzene rings is 2. The van der Waals surface area contributed by atoms with Gasteiger partial charge in [0.2, 0.25) is 0 Å². The van der Waals surface area contributed by atoms with E-state index in [0.29, 0.717) is 34.0 Å². The smallest absolute Gasteiger partial charge is 0.404 e. The summed E-state index contributed by atoms with van der Waals surface area (Å²) in [7, 11) is 1.47. The minimum absolute atomic E-state index is 0.0530. The van der Waals surface area contributed by atoms with Crippen LogP contribution in [0.25, 0.3) is 11.3 Å². The van der Waals surface area contributed by atoms with E-state index in [0.717, 1.165) is 0 Å². The Morgan fingerprint density at radius 2 is 1.80 bits per heavy atom. The van der Waals surface area contributed by atoms with Crippen LogP contribution in [0.4, 0.5) is 16.2 Å². The Morgan fingerprint density at radius 3 is 2.43 bits per heavy atom. The summed E-state index contributed by atoms with van der Waals surface area (Å²) in [4.78, 5) is 39.0. The van der Waals surface area contributed by atoms with Crippen molar-refractivity contribution >= 4 is 29.3 Å². The fraction of sp³-hybridized carbons (Fsp3) is 0.100. The molecule has 10 heteroatoms. The molecule has 0 radical (unpaired) electrons. The predicted octanol–water partition coefficient (Wildman–Crippen LogP) is 2.52. The number of hydrogen-bond donors (Lipinski definition) is 3. The first-order valence-corrected chi connectivity index (χ1v) is 8.66. The molecular weight excluding hydrogens is 392 g/mol. The van der Waals surface area contributed by atoms with Gasteiger partial charge in [-0.2, -0.15) is 0 Å². The number of ether oxygens (including phenoxy) is 2. The van der Waals surface area contributed by atoms with Gasteiger partial charge in [-0.25, -0.2) is 9.78 Å². The largest absolute Gasteiger partial charge is 0.496 e. The number of methoxy groups -OCH3 is 1. The molecule has 30 heavy (non-hydrogen) atoms. The van der Waals surface area contributed by atoms with Crippen LogP contribution in [0.5, 0.6) is 5.75 Å². The van der Waals surface area contributed by atoms with E-state index in [2.05, 4.69) is 15.6 Å². The normalized spacial score (nSPS) is 10.2. The molecule has 3 aromatic rings. The number of aromatic nitrogens is 1. The standard InChI is InChI=1S/C20H18N4O6/c1-28-16-8-14(5-6-15(16)17-9-22-11-30-17)24-19(26)18(25)23-13-4-2-3-12(7-13)10-29-20(21)27/h2-9,11H,10H2,1H3,(H2,21,27)(H,23,25)(H,24,26). The molecule has 0 saturated heterocycles. The SMILES string of the molecule is COc1cc(NC(=O)C(=O)Nc2cccc(COC(N)=O)c2)ccc1-c1cnco1. The first-order chi connectivity index (χ1) is 14.5. The van der Waals surface area contributed by atoms with Gasteiger partial charge >= 0.3 is 17.9 Å². The molecule has 0 aliphatic rings. The summed E-state index contributed by atoms with van der Waals surface area (Å²) >= 11 is 0. The number of nitrogens with one attached hydrogen (secondary N) is 2. The average molecular weight is 410 g/mol. The fourth-order valence-corrected chi connectivity index (χ4v) is 2.59. The highest BCUT2D eigenvalue weighted by atomic mass is 16.5. The van der Waals surface area contributed by atoms with Crippen molar-refractivity contribution in [2.45, 2.75) is 6.61 Å². The van der Waals surface area contributed by atoms with Crippen molar-refractivity contribution in [3.8, 4) is 17.1 Å². The molecule has 0 spiro atoms. The molecule has 10 nitrogen and oxygen atoms in total. The molecule has 0 unspecified atom stereocenters. The Bertz CT molecular complexity index is 1060. The van der Waals surface area contributed by atoms with Crippen LogP contribution in [0.3, 0.4) is 0 Å². The fourth-order valence-electron chi connectivity index (χ4n) is 2.59. The van der Waals surface area contributed by atoms with Crippen molar-refractivity contribution < 1.29 is 28.3 Å². The minimum atomic E-state index is -0.909. The quantitative estimate of drug-likeness (QED) is 0.529. The van der Waals surface area contributed by atoms with E-state index < -0.39 is 17.9 Å². The molecular formula is C20H18N4O6. The number of amides is 3. The van der Waals surface area contributed by atoms with E-state index in [-0.39, 0.29) is 6.61 Å². The summed E-state index contributed by atoms with van der Waals surface area (Å²) in [5, 5.41) is 4.98. The van der Waals surface area contributed by atoms with E-state index >= 15 is 0 Å². The van der Waals surface area contributed by atoms with Crippen LogP contribution in [0.15, 0.2) is 59.5 Å². The van der Waals surface area contributed by atoms with Gasteiger partial charge in [-0.3, -0.25) is 9.59 Å². The number of primary amides is 1. The number of oxazole rings is 1. The van der Waals surface area contributed by atoms with Gasteiger partial charge in [0.15, 0.2) is 12.2 Å². The predicted molar refractivity (Wildman–Crippen MR) is 107 cm³/mol. The Labute approximate surface area is 171 Å². The van der Waals surface area contributed by atoms with Gasteiger partial charge in [-0.1, -0.05) is 12.1 Å². The molecule has 3 rings (SSSR count). The lowest BCUT2D eigenvalue weighted by Crippen LogP contribution is -2.29. The zero-order chi connectivity index (χ0) is 21.5. The maximum Gasteiger partial charge on any atom is 0.404 e. The number of hydrogen-bond acceptors (Lipinski definition) is 7. The van der Waals surface area contributed by atoms with Gasteiger partial charge < -0.3 is 30.3 Å². The molecule has 1 heterocycles. The molecule has 154 valence electrons. The first-order valence-electron chi connectivity index (χ1n) is 8.66. The van der Waals surface area contributed by atoms with Crippen molar-refractivity contribution in [1.29, 1.82) is 0 Å². The van der Waals surface area contributed by atoms with Crippen LogP contribution in [-0.2, 0) is 20.9 Å². The zero-order valence-corrected chi connectivity index (χ0v) is 15.9. The molecule has 0 saturated carbocycles. The Kier molecular flexibility index (Phi) is 6.28. The summed E-state index contributed by atoms with van der Waals surface area (Å²) in [5.41, 5.74) is 6.89. The lowest BCUT2D eigenvalue weighted by Gasteiger charge is -2.11. The summed E-state index contributed by atoms with van der Waals surface area (Å²) in [6.07, 6.45) is 1.92. The van der Waals surface area contributed by atoms with Crippen LogP contribution in [0.1, 0.15) is 5.56 Å². The number of rotatable bonds is 6. The average Bonchev–Trinajstić information content (AvgIpc) is 3.27. The van der Waals surface area contributed by atoms with E-state index in [1.807, 2.05) is 0 Å². The van der Waals surface area contributed by atoms with Crippen molar-refractivity contribution in [3.63, 3.8) is 0 Å². The van der Waals surface area contributed by atoms with Crippen LogP contribution in [-0.4, -0.2) is 30.0 Å². The molecule has 0 atom stereocenters. The molecule has 0 bridgehead atoms. The number of nitrogens with zero attached hydrogens (tertiary/aromatic N) is 1. The molecule has 3 amide bonds. The molecule has 2 aromatic carbocycles. The number of nitrogens with two attached hydrogens (primary N) is 1. The Balaban J connectivity index is 1.65. The molecule has 4 N–H and O–H groups in total. The van der Waals surface area contributed by atoms with Crippen molar-refractivity contribution in [3.05, 3.63) is 60.6 Å². The topological polar surface area (TPSA) is 146 Å². The minimum Gasteiger partial charge on any atom is -0.496 e. The summed E-state index contributed by atoms with van der Waals surface area (Å²) in [6.45, 7) is -0.0530. The first kappa shape index (κ1) is 20.4. The van der Waals surface area contributed by atoms with Crippen molar-refractivity contribution in [2.24, 2.45) is 5.73 Å². The van der Waals surface area contributed by atoms with Crippen molar-refractivity contribution in [1.82, 2.24) is 4.98 Å². The third-order valence-electron chi connectivity index (χ3n) is 3.93. The summed E-state index contributed by atoms with van der Waals surface area (Å²) in [6, 6.07) is 11.3. The monoisotopic (exact) mass is 410 g/mol. The van der Waals surface area contributed by atoms with Crippen molar-refractivity contribution in [2.75, 3.05) is 17.7 Å². The highest BCUT2D eigenvalue weighted by Gasteiger charge is 2.16. The second-order valence-electron chi connectivity index (χ2n) is 6.00. The summed E-state index contributed by atoms with van der Waals surface area (Å²) < 4.78 is 15.3. The Hall–Kier alpha value is -4.34. The van der Waals surface area contributed by atoms with Gasteiger partial charge in [0.05, 0.1) is 18.9 Å². The maximum atomic E-state index is 12.3. The number of carbonyl (C=O) groups excluding carboxylic acids is 3. The molecule has 1 aromatic heterocycles. The van der Waals surface area contributed by atoms with Gasteiger partial charge in [-0.05, 0) is 29.8 Å². The van der Waals surface area contributed by atoms with Gasteiger partial charge in [0, 0.05) is 17.4 Å². The highest BCUT2D eigenvalue weighted by Crippen LogP contribution is 2.32. The van der Waals surface area contributed by atoms with Gasteiger partial charge in [0.1, 0.15) is 12.4 Å². The van der Waals surface area contributed by atoms with E-state index in [1.54, 1.807) is 42.5 Å². The third-order valence-corrected chi connectivity index (χ3v) is 3.93.